The number of nitrogens with one attached hydrogen (secondary N) is 1. The van der Waals surface area contributed by atoms with Crippen LogP contribution in [0.5, 0.6) is 11.5 Å². The van der Waals surface area contributed by atoms with Gasteiger partial charge in [0, 0.05) is 32.0 Å². The summed E-state index contributed by atoms with van der Waals surface area (Å²) in [5, 5.41) is 2.72. The Morgan fingerprint density at radius 1 is 1.35 bits per heavy atom. The number of carbonyl (C=O) groups is 2. The second-order valence-corrected chi connectivity index (χ2v) is 5.44. The van der Waals surface area contributed by atoms with E-state index < -0.39 is 5.92 Å². The summed E-state index contributed by atoms with van der Waals surface area (Å²) < 4.78 is 15.9. The first kappa shape index (κ1) is 15.6. The molecule has 7 nitrogen and oxygen atoms in total. The molecule has 1 aromatic carbocycles. The van der Waals surface area contributed by atoms with E-state index in [1.807, 2.05) is 6.07 Å². The number of hydrogen-bond acceptors (Lipinski definition) is 5. The zero-order valence-corrected chi connectivity index (χ0v) is 13.0. The molecule has 23 heavy (non-hydrogen) atoms. The fourth-order valence-corrected chi connectivity index (χ4v) is 2.78. The molecule has 3 rings (SSSR count). The average molecular weight is 320 g/mol. The molecule has 124 valence electrons. The van der Waals surface area contributed by atoms with Crippen molar-refractivity contribution in [3.05, 3.63) is 18.2 Å². The van der Waals surface area contributed by atoms with Gasteiger partial charge in [0.1, 0.15) is 19.1 Å². The van der Waals surface area contributed by atoms with Crippen LogP contribution in [0.15, 0.2) is 18.2 Å². The lowest BCUT2D eigenvalue weighted by molar-refractivity contribution is -0.132. The fourth-order valence-electron chi connectivity index (χ4n) is 2.78. The number of nitrogens with zero attached hydrogens (tertiary/aromatic N) is 1. The molecule has 0 spiro atoms. The maximum absolute atomic E-state index is 12.5. The number of anilines is 1. The summed E-state index contributed by atoms with van der Waals surface area (Å²) in [6, 6.07) is 5.40. The molecule has 0 bridgehead atoms. The number of rotatable bonds is 5. The van der Waals surface area contributed by atoms with Gasteiger partial charge >= 0.3 is 0 Å². The minimum atomic E-state index is -0.639. The van der Waals surface area contributed by atoms with E-state index in [0.717, 1.165) is 5.69 Å². The summed E-state index contributed by atoms with van der Waals surface area (Å²) in [7, 11) is 1.57. The van der Waals surface area contributed by atoms with Crippen LogP contribution in [-0.4, -0.2) is 51.8 Å². The molecule has 0 aliphatic carbocycles. The van der Waals surface area contributed by atoms with Gasteiger partial charge in [-0.25, -0.2) is 0 Å². The van der Waals surface area contributed by atoms with Crippen LogP contribution in [0, 0.1) is 5.92 Å². The lowest BCUT2D eigenvalue weighted by Gasteiger charge is -2.22. The predicted molar refractivity (Wildman–Crippen MR) is 82.8 cm³/mol. The number of amides is 2. The molecule has 1 N–H and O–H groups in total. The van der Waals surface area contributed by atoms with E-state index in [4.69, 9.17) is 14.2 Å². The Morgan fingerprint density at radius 2 is 2.13 bits per heavy atom. The van der Waals surface area contributed by atoms with Gasteiger partial charge in [-0.2, -0.15) is 0 Å². The highest BCUT2D eigenvalue weighted by Crippen LogP contribution is 2.35. The lowest BCUT2D eigenvalue weighted by atomic mass is 10.1. The number of fused-ring (bicyclic) bond motifs is 1. The van der Waals surface area contributed by atoms with E-state index in [1.165, 1.54) is 0 Å². The number of benzene rings is 1. The summed E-state index contributed by atoms with van der Waals surface area (Å²) in [5.74, 6) is 0.249. The Labute approximate surface area is 134 Å². The zero-order valence-electron chi connectivity index (χ0n) is 13.0. The van der Waals surface area contributed by atoms with Crippen molar-refractivity contribution in [1.82, 2.24) is 5.32 Å². The largest absolute Gasteiger partial charge is 0.486 e. The highest BCUT2D eigenvalue weighted by atomic mass is 16.6. The summed E-state index contributed by atoms with van der Waals surface area (Å²) in [5.41, 5.74) is 0.728. The molecule has 0 aromatic heterocycles. The van der Waals surface area contributed by atoms with Crippen molar-refractivity contribution in [1.29, 1.82) is 0 Å². The van der Waals surface area contributed by atoms with Crippen molar-refractivity contribution in [3.63, 3.8) is 0 Å². The Bertz CT molecular complexity index is 604. The van der Waals surface area contributed by atoms with Crippen molar-refractivity contribution in [2.45, 2.75) is 6.42 Å². The predicted octanol–water partition coefficient (Wildman–Crippen LogP) is 0.573. The molecule has 2 heterocycles. The average Bonchev–Trinajstić information content (AvgIpc) is 2.96. The first-order chi connectivity index (χ1) is 11.2. The van der Waals surface area contributed by atoms with Gasteiger partial charge in [-0.3, -0.25) is 9.59 Å². The minimum absolute atomic E-state index is 0.184. The van der Waals surface area contributed by atoms with E-state index in [9.17, 15) is 9.59 Å². The van der Waals surface area contributed by atoms with Crippen LogP contribution in [0.25, 0.3) is 0 Å². The third-order valence-corrected chi connectivity index (χ3v) is 3.96. The molecule has 2 amide bonds. The van der Waals surface area contributed by atoms with Crippen LogP contribution in [0.3, 0.4) is 0 Å². The van der Waals surface area contributed by atoms with Crippen molar-refractivity contribution < 1.29 is 23.8 Å². The van der Waals surface area contributed by atoms with Gasteiger partial charge in [0.2, 0.25) is 11.8 Å². The SMILES string of the molecule is COCCNC(=O)C1CCN(c2ccc3c(c2)OCCO3)C1=O. The van der Waals surface area contributed by atoms with E-state index in [-0.39, 0.29) is 11.8 Å². The Balaban J connectivity index is 1.68. The quantitative estimate of drug-likeness (QED) is 0.634. The lowest BCUT2D eigenvalue weighted by Crippen LogP contribution is -2.38. The summed E-state index contributed by atoms with van der Waals surface area (Å²) >= 11 is 0. The van der Waals surface area contributed by atoms with Crippen molar-refractivity contribution in [2.75, 3.05) is 44.9 Å². The molecule has 0 radical (unpaired) electrons. The molecule has 2 aliphatic rings. The number of ether oxygens (including phenoxy) is 3. The summed E-state index contributed by atoms with van der Waals surface area (Å²) in [4.78, 5) is 26.2. The molecule has 2 aliphatic heterocycles. The van der Waals surface area contributed by atoms with E-state index in [0.29, 0.717) is 50.8 Å². The van der Waals surface area contributed by atoms with Gasteiger partial charge in [-0.1, -0.05) is 0 Å². The van der Waals surface area contributed by atoms with Gasteiger partial charge in [0.25, 0.3) is 0 Å². The number of carbonyl (C=O) groups excluding carboxylic acids is 2. The minimum Gasteiger partial charge on any atom is -0.486 e. The molecule has 1 atom stereocenters. The molecule has 1 unspecified atom stereocenters. The van der Waals surface area contributed by atoms with Crippen molar-refractivity contribution in [2.24, 2.45) is 5.92 Å². The Hall–Kier alpha value is -2.28. The molecular formula is C16H20N2O5. The van der Waals surface area contributed by atoms with Gasteiger partial charge in [0.05, 0.1) is 6.61 Å². The summed E-state index contributed by atoms with van der Waals surface area (Å²) in [6.07, 6.45) is 0.506. The van der Waals surface area contributed by atoms with E-state index in [1.54, 1.807) is 24.1 Å². The maximum atomic E-state index is 12.5. The van der Waals surface area contributed by atoms with Gasteiger partial charge in [0.15, 0.2) is 11.5 Å². The van der Waals surface area contributed by atoms with Gasteiger partial charge < -0.3 is 24.4 Å². The Kier molecular flexibility index (Phi) is 4.66. The molecule has 1 aromatic rings. The molecule has 7 heteroatoms. The number of hydrogen-bond donors (Lipinski definition) is 1. The third-order valence-electron chi connectivity index (χ3n) is 3.96. The fraction of sp³-hybridized carbons (Fsp3) is 0.500. The second-order valence-electron chi connectivity index (χ2n) is 5.44. The maximum Gasteiger partial charge on any atom is 0.239 e. The van der Waals surface area contributed by atoms with Crippen LogP contribution in [-0.2, 0) is 14.3 Å². The molecular weight excluding hydrogens is 300 g/mol. The molecule has 0 saturated carbocycles. The molecule has 1 saturated heterocycles. The van der Waals surface area contributed by atoms with E-state index in [2.05, 4.69) is 5.32 Å². The van der Waals surface area contributed by atoms with Crippen molar-refractivity contribution >= 4 is 17.5 Å². The number of methoxy groups -OCH3 is 1. The van der Waals surface area contributed by atoms with Crippen LogP contribution >= 0.6 is 0 Å². The highest BCUT2D eigenvalue weighted by molar-refractivity contribution is 6.09. The van der Waals surface area contributed by atoms with Crippen molar-refractivity contribution in [3.8, 4) is 11.5 Å². The third kappa shape index (κ3) is 3.24. The topological polar surface area (TPSA) is 77.1 Å². The van der Waals surface area contributed by atoms with Gasteiger partial charge in [-0.05, 0) is 18.6 Å². The Morgan fingerprint density at radius 3 is 2.91 bits per heavy atom. The second kappa shape index (κ2) is 6.87. The smallest absolute Gasteiger partial charge is 0.239 e. The summed E-state index contributed by atoms with van der Waals surface area (Å²) in [6.45, 7) is 2.37. The zero-order chi connectivity index (χ0) is 16.2. The monoisotopic (exact) mass is 320 g/mol. The standard InChI is InChI=1S/C16H20N2O5/c1-21-7-5-17-15(19)12-4-6-18(16(12)20)11-2-3-13-14(10-11)23-9-8-22-13/h2-3,10,12H,4-9H2,1H3,(H,17,19). The molecule has 1 fully saturated rings. The van der Waals surface area contributed by atoms with Crippen LogP contribution < -0.4 is 19.7 Å². The first-order valence-electron chi connectivity index (χ1n) is 7.68. The normalized spacial score (nSPS) is 19.8. The van der Waals surface area contributed by atoms with Crippen LogP contribution in [0.1, 0.15) is 6.42 Å². The first-order valence-corrected chi connectivity index (χ1v) is 7.68. The van der Waals surface area contributed by atoms with Crippen LogP contribution in [0.4, 0.5) is 5.69 Å². The van der Waals surface area contributed by atoms with Crippen LogP contribution in [0.2, 0.25) is 0 Å². The van der Waals surface area contributed by atoms with E-state index >= 15 is 0 Å². The van der Waals surface area contributed by atoms with Gasteiger partial charge in [-0.15, -0.1) is 0 Å². The highest BCUT2D eigenvalue weighted by Gasteiger charge is 2.37.